The van der Waals surface area contributed by atoms with Crippen LogP contribution in [0.2, 0.25) is 0 Å². The predicted molar refractivity (Wildman–Crippen MR) is 85.6 cm³/mol. The summed E-state index contributed by atoms with van der Waals surface area (Å²) >= 11 is 0. The standard InChI is InChI=1S/C18H31N/c1-5-8-15(3)12-18(14-19-6-2)13-17-10-7-9-16(4)11-17/h7,9-11,15,18-19H,5-6,8,12-14H2,1-4H3. The molecular formula is C18H31N. The van der Waals surface area contributed by atoms with Gasteiger partial charge in [0.1, 0.15) is 0 Å². The van der Waals surface area contributed by atoms with E-state index in [0.717, 1.165) is 24.9 Å². The fourth-order valence-corrected chi connectivity index (χ4v) is 2.94. The molecule has 0 saturated heterocycles. The molecule has 0 amide bonds. The number of rotatable bonds is 9. The minimum atomic E-state index is 0.767. The summed E-state index contributed by atoms with van der Waals surface area (Å²) in [5.41, 5.74) is 2.87. The Morgan fingerprint density at radius 2 is 2.00 bits per heavy atom. The summed E-state index contributed by atoms with van der Waals surface area (Å²) in [6.45, 7) is 11.3. The van der Waals surface area contributed by atoms with Crippen molar-refractivity contribution in [3.63, 3.8) is 0 Å². The van der Waals surface area contributed by atoms with Gasteiger partial charge in [-0.05, 0) is 50.3 Å². The third-order valence-corrected chi connectivity index (χ3v) is 3.81. The van der Waals surface area contributed by atoms with E-state index >= 15 is 0 Å². The van der Waals surface area contributed by atoms with Crippen molar-refractivity contribution in [3.8, 4) is 0 Å². The van der Waals surface area contributed by atoms with Crippen LogP contribution in [-0.2, 0) is 6.42 Å². The Morgan fingerprint density at radius 1 is 1.21 bits per heavy atom. The van der Waals surface area contributed by atoms with Crippen molar-refractivity contribution in [2.24, 2.45) is 11.8 Å². The molecule has 0 aromatic heterocycles. The van der Waals surface area contributed by atoms with E-state index in [1.807, 2.05) is 0 Å². The first-order valence-corrected chi connectivity index (χ1v) is 7.91. The van der Waals surface area contributed by atoms with Crippen LogP contribution < -0.4 is 5.32 Å². The third-order valence-electron chi connectivity index (χ3n) is 3.81. The number of benzene rings is 1. The van der Waals surface area contributed by atoms with E-state index in [2.05, 4.69) is 57.3 Å². The molecule has 0 heterocycles. The van der Waals surface area contributed by atoms with E-state index in [-0.39, 0.29) is 0 Å². The molecule has 0 aliphatic rings. The summed E-state index contributed by atoms with van der Waals surface area (Å²) < 4.78 is 0. The highest BCUT2D eigenvalue weighted by Crippen LogP contribution is 2.20. The summed E-state index contributed by atoms with van der Waals surface area (Å²) in [4.78, 5) is 0. The second-order valence-corrected chi connectivity index (χ2v) is 6.00. The first kappa shape index (κ1) is 16.2. The first-order valence-electron chi connectivity index (χ1n) is 7.91. The van der Waals surface area contributed by atoms with Gasteiger partial charge in [-0.25, -0.2) is 0 Å². The van der Waals surface area contributed by atoms with Crippen LogP contribution in [0.25, 0.3) is 0 Å². The van der Waals surface area contributed by atoms with Crippen molar-refractivity contribution in [3.05, 3.63) is 35.4 Å². The Bertz CT molecular complexity index is 345. The summed E-state index contributed by atoms with van der Waals surface area (Å²) in [5, 5.41) is 3.53. The molecule has 2 unspecified atom stereocenters. The van der Waals surface area contributed by atoms with Crippen molar-refractivity contribution in [2.45, 2.75) is 53.4 Å². The molecule has 108 valence electrons. The number of aryl methyl sites for hydroxylation is 1. The highest BCUT2D eigenvalue weighted by molar-refractivity contribution is 5.22. The third kappa shape index (κ3) is 6.77. The molecule has 1 rings (SSSR count). The molecule has 1 N–H and O–H groups in total. The monoisotopic (exact) mass is 261 g/mol. The minimum Gasteiger partial charge on any atom is -0.317 e. The lowest BCUT2D eigenvalue weighted by Crippen LogP contribution is -2.25. The van der Waals surface area contributed by atoms with Gasteiger partial charge in [0, 0.05) is 0 Å². The van der Waals surface area contributed by atoms with Crippen molar-refractivity contribution < 1.29 is 0 Å². The Labute approximate surface area is 119 Å². The van der Waals surface area contributed by atoms with Gasteiger partial charge in [0.05, 0.1) is 0 Å². The molecule has 0 spiro atoms. The van der Waals surface area contributed by atoms with Gasteiger partial charge in [0.25, 0.3) is 0 Å². The van der Waals surface area contributed by atoms with Gasteiger partial charge in [0.2, 0.25) is 0 Å². The summed E-state index contributed by atoms with van der Waals surface area (Å²) in [6, 6.07) is 8.98. The van der Waals surface area contributed by atoms with Gasteiger partial charge < -0.3 is 5.32 Å². The van der Waals surface area contributed by atoms with E-state index in [0.29, 0.717) is 0 Å². The Morgan fingerprint density at radius 3 is 2.63 bits per heavy atom. The Hall–Kier alpha value is -0.820. The predicted octanol–water partition coefficient (Wildman–Crippen LogP) is 4.59. The number of hydrogen-bond acceptors (Lipinski definition) is 1. The first-order chi connectivity index (χ1) is 9.15. The molecule has 0 aliphatic heterocycles. The maximum Gasteiger partial charge on any atom is -0.00174 e. The molecule has 1 aromatic rings. The van der Waals surface area contributed by atoms with Crippen LogP contribution >= 0.6 is 0 Å². The quantitative estimate of drug-likeness (QED) is 0.685. The average molecular weight is 261 g/mol. The van der Waals surface area contributed by atoms with Gasteiger partial charge in [-0.15, -0.1) is 0 Å². The van der Waals surface area contributed by atoms with E-state index in [4.69, 9.17) is 0 Å². The lowest BCUT2D eigenvalue weighted by Gasteiger charge is -2.21. The van der Waals surface area contributed by atoms with Crippen molar-refractivity contribution in [1.82, 2.24) is 5.32 Å². The molecule has 0 aliphatic carbocycles. The zero-order valence-electron chi connectivity index (χ0n) is 13.2. The smallest absolute Gasteiger partial charge is 0.00174 e. The highest BCUT2D eigenvalue weighted by atomic mass is 14.8. The van der Waals surface area contributed by atoms with Gasteiger partial charge in [0.15, 0.2) is 0 Å². The van der Waals surface area contributed by atoms with Crippen LogP contribution in [0.15, 0.2) is 24.3 Å². The second-order valence-electron chi connectivity index (χ2n) is 6.00. The fraction of sp³-hybridized carbons (Fsp3) is 0.667. The molecular weight excluding hydrogens is 230 g/mol. The highest BCUT2D eigenvalue weighted by Gasteiger charge is 2.13. The van der Waals surface area contributed by atoms with Crippen LogP contribution in [0, 0.1) is 18.8 Å². The number of nitrogens with one attached hydrogen (secondary N) is 1. The lowest BCUT2D eigenvalue weighted by atomic mass is 9.88. The van der Waals surface area contributed by atoms with Gasteiger partial charge >= 0.3 is 0 Å². The summed E-state index contributed by atoms with van der Waals surface area (Å²) in [7, 11) is 0. The van der Waals surface area contributed by atoms with Crippen molar-refractivity contribution in [1.29, 1.82) is 0 Å². The van der Waals surface area contributed by atoms with E-state index in [1.54, 1.807) is 0 Å². The van der Waals surface area contributed by atoms with Gasteiger partial charge in [-0.3, -0.25) is 0 Å². The Balaban J connectivity index is 2.57. The topological polar surface area (TPSA) is 12.0 Å². The van der Waals surface area contributed by atoms with Gasteiger partial charge in [-0.1, -0.05) is 63.4 Å². The molecule has 2 atom stereocenters. The average Bonchev–Trinajstić information content (AvgIpc) is 2.36. The molecule has 0 saturated carbocycles. The van der Waals surface area contributed by atoms with Crippen LogP contribution in [-0.4, -0.2) is 13.1 Å². The van der Waals surface area contributed by atoms with Crippen molar-refractivity contribution in [2.75, 3.05) is 13.1 Å². The maximum atomic E-state index is 3.53. The molecule has 0 radical (unpaired) electrons. The molecule has 0 bridgehead atoms. The maximum absolute atomic E-state index is 3.53. The Kier molecular flexibility index (Phi) is 7.81. The van der Waals surface area contributed by atoms with Crippen LogP contribution in [0.4, 0.5) is 0 Å². The molecule has 1 nitrogen and oxygen atoms in total. The molecule has 19 heavy (non-hydrogen) atoms. The second kappa shape index (κ2) is 9.14. The normalized spacial score (nSPS) is 14.3. The largest absolute Gasteiger partial charge is 0.317 e. The van der Waals surface area contributed by atoms with Crippen LogP contribution in [0.3, 0.4) is 0 Å². The van der Waals surface area contributed by atoms with Crippen molar-refractivity contribution >= 4 is 0 Å². The summed E-state index contributed by atoms with van der Waals surface area (Å²) in [6.07, 6.45) is 5.22. The lowest BCUT2D eigenvalue weighted by molar-refractivity contribution is 0.356. The SMILES string of the molecule is CCCC(C)CC(CNCC)Cc1cccc(C)c1. The zero-order valence-corrected chi connectivity index (χ0v) is 13.2. The summed E-state index contributed by atoms with van der Waals surface area (Å²) in [5.74, 6) is 1.61. The fourth-order valence-electron chi connectivity index (χ4n) is 2.94. The van der Waals surface area contributed by atoms with E-state index in [9.17, 15) is 0 Å². The molecule has 0 fully saturated rings. The molecule has 1 aromatic carbocycles. The van der Waals surface area contributed by atoms with E-state index in [1.165, 1.54) is 36.8 Å². The van der Waals surface area contributed by atoms with E-state index < -0.39 is 0 Å². The zero-order chi connectivity index (χ0) is 14.1. The molecule has 1 heteroatoms. The van der Waals surface area contributed by atoms with Crippen LogP contribution in [0.5, 0.6) is 0 Å². The number of hydrogen-bond donors (Lipinski definition) is 1. The minimum absolute atomic E-state index is 0.767. The van der Waals surface area contributed by atoms with Gasteiger partial charge in [-0.2, -0.15) is 0 Å². The van der Waals surface area contributed by atoms with Crippen LogP contribution in [0.1, 0.15) is 51.2 Å².